The molecule has 86 heavy (non-hydrogen) atoms. The van der Waals surface area contributed by atoms with Crippen molar-refractivity contribution in [2.24, 2.45) is 26.8 Å². The van der Waals surface area contributed by atoms with Gasteiger partial charge in [-0.15, -0.1) is 0 Å². The number of amidine groups is 3. The zero-order valence-corrected chi connectivity index (χ0v) is 54.6. The molecule has 2 amide bonds. The molecular formula is C60H92N6O17S3. The maximum atomic E-state index is 12.6. The van der Waals surface area contributed by atoms with Crippen molar-refractivity contribution in [2.45, 2.75) is 202 Å². The fraction of sp³-hybridized carbons (Fsp3) is 0.700. The van der Waals surface area contributed by atoms with Gasteiger partial charge < -0.3 is 73.1 Å². The van der Waals surface area contributed by atoms with E-state index in [0.29, 0.717) is 61.0 Å². The number of methoxy groups -OCH3 is 2. The number of aliphatic hydroxyl groups is 4. The second kappa shape index (κ2) is 32.9. The minimum absolute atomic E-state index is 0.0329. The monoisotopic (exact) mass is 1260 g/mol. The van der Waals surface area contributed by atoms with Crippen molar-refractivity contribution in [1.82, 2.24) is 15.1 Å². The molecule has 26 heteroatoms. The van der Waals surface area contributed by atoms with Crippen molar-refractivity contribution in [3.05, 3.63) is 59.7 Å². The largest absolute Gasteiger partial charge is 0.497 e. The molecule has 2 aromatic rings. The second-order valence-corrected chi connectivity index (χ2v) is 26.8. The van der Waals surface area contributed by atoms with Crippen molar-refractivity contribution in [3.63, 3.8) is 0 Å². The first-order chi connectivity index (χ1) is 40.8. The summed E-state index contributed by atoms with van der Waals surface area (Å²) in [5.74, 6) is 1.38. The van der Waals surface area contributed by atoms with Crippen molar-refractivity contribution < 1.29 is 82.2 Å². The molecule has 5 N–H and O–H groups in total. The summed E-state index contributed by atoms with van der Waals surface area (Å²) in [6, 6.07) is 14.7. The Balaban J connectivity index is 0.000000219. The molecule has 15 atom stereocenters. The summed E-state index contributed by atoms with van der Waals surface area (Å²) in [5.41, 5.74) is 0.0192. The number of fused-ring (bicyclic) bond motifs is 3. The van der Waals surface area contributed by atoms with Crippen LogP contribution in [0.25, 0.3) is 0 Å². The van der Waals surface area contributed by atoms with E-state index in [9.17, 15) is 29.7 Å². The Morgan fingerprint density at radius 2 is 1.08 bits per heavy atom. The maximum absolute atomic E-state index is 12.6. The lowest BCUT2D eigenvalue weighted by molar-refractivity contribution is -0.158. The number of amides is 2. The number of hydrogen-bond acceptors (Lipinski definition) is 23. The van der Waals surface area contributed by atoms with Gasteiger partial charge >= 0.3 is 18.2 Å². The highest BCUT2D eigenvalue weighted by molar-refractivity contribution is 8.15. The van der Waals surface area contributed by atoms with E-state index in [1.165, 1.54) is 45.1 Å². The van der Waals surface area contributed by atoms with Crippen LogP contribution in [0.15, 0.2) is 63.5 Å². The minimum atomic E-state index is -0.924. The molecule has 482 valence electrons. The highest BCUT2D eigenvalue weighted by Crippen LogP contribution is 2.44. The molecular weight excluding hydrogens is 1170 g/mol. The summed E-state index contributed by atoms with van der Waals surface area (Å²) in [4.78, 5) is 53.7. The molecule has 0 radical (unpaired) electrons. The molecule has 4 fully saturated rings. The SMILES string of the molecule is CCOC(=O)CC[C@H]1O[C@@H]2SC(N(C)C(=O)OC(C)(C)C)=N[C@@H]2[C@@H](OCc2ccc(OC)cc2)[C@@H]1C.CN=C1N[C@@H]2[C@@H](O)[C@H](O)[C@@H](CCCO)O[C@@H]2S1.COc1ccc(CO[C@H]2[C@H](C)[C@@H](CCCO)O[C@@H]3SC(N(C)C(=O)OC(C)(C)C)=N[C@H]23)cc1. The zero-order valence-electron chi connectivity index (χ0n) is 52.1. The molecule has 0 aromatic heterocycles. The Labute approximate surface area is 519 Å². The van der Waals surface area contributed by atoms with E-state index in [1.807, 2.05) is 90.1 Å². The standard InChI is InChI=1S/C26H38N2O7S.C24H36N2O6S.C10H18N2O4S/c1-8-32-20(29)14-13-19-16(2)22(33-15-17-9-11-18(31-7)12-10-17)21-23(34-19)36-24(27-21)28(6)25(30)35-26(3,4)5;1-15-18(8-7-13-27)31-21-19(20(15)30-14-16-9-11-17(29-6)12-10-16)25-22(33-21)26(5)23(28)32-24(2,3)4;1-11-10-12-6-8(15)7(14)5(3-2-4-13)16-9(6)17-10/h9-12,16,19,21-23H,8,13-15H2,1-7H3;9-12,15,18-21,27H,7-8,13-14H2,1-6H3;5-9,13-15H,2-4H2,1H3,(H,11,12)/t16-,19-,21-,22+,23-;15-,18-,19-,20+,21-;5-,6-,7-,8-,9-/m111/s1. The van der Waals surface area contributed by atoms with Crippen LogP contribution in [0.5, 0.6) is 11.5 Å². The lowest BCUT2D eigenvalue weighted by Crippen LogP contribution is -2.58. The summed E-state index contributed by atoms with van der Waals surface area (Å²) < 4.78 is 57.9. The minimum Gasteiger partial charge on any atom is -0.497 e. The fourth-order valence-electron chi connectivity index (χ4n) is 10.1. The Morgan fingerprint density at radius 3 is 1.49 bits per heavy atom. The molecule has 0 spiro atoms. The number of aliphatic imine (C=N–C) groups is 3. The van der Waals surface area contributed by atoms with Gasteiger partial charge in [0.25, 0.3) is 0 Å². The van der Waals surface area contributed by atoms with E-state index >= 15 is 0 Å². The van der Waals surface area contributed by atoms with Crippen molar-refractivity contribution >= 4 is 68.9 Å². The second-order valence-electron chi connectivity index (χ2n) is 23.6. The van der Waals surface area contributed by atoms with Crippen molar-refractivity contribution in [2.75, 3.05) is 55.2 Å². The third-order valence-electron chi connectivity index (χ3n) is 14.8. The summed E-state index contributed by atoms with van der Waals surface area (Å²) >= 11 is 4.22. The molecule has 6 aliphatic heterocycles. The Hall–Kier alpha value is -4.45. The van der Waals surface area contributed by atoms with Gasteiger partial charge in [0.1, 0.15) is 63.3 Å². The lowest BCUT2D eigenvalue weighted by atomic mass is 9.87. The van der Waals surface area contributed by atoms with Gasteiger partial charge in [-0.1, -0.05) is 73.4 Å². The van der Waals surface area contributed by atoms with E-state index in [2.05, 4.69) is 24.2 Å². The number of hydrogen-bond donors (Lipinski definition) is 5. The number of thioether (sulfide) groups is 3. The highest BCUT2D eigenvalue weighted by Gasteiger charge is 2.52. The predicted octanol–water partition coefficient (Wildman–Crippen LogP) is 7.57. The predicted molar refractivity (Wildman–Crippen MR) is 331 cm³/mol. The molecule has 0 saturated carbocycles. The number of carbonyl (C=O) groups is 3. The topological polar surface area (TPSA) is 280 Å². The number of esters is 1. The van der Waals surface area contributed by atoms with Crippen LogP contribution >= 0.6 is 35.3 Å². The van der Waals surface area contributed by atoms with E-state index in [0.717, 1.165) is 29.0 Å². The molecule has 8 rings (SSSR count). The molecule has 2 aromatic carbocycles. The van der Waals surface area contributed by atoms with Crippen LogP contribution in [-0.4, -0.2) is 207 Å². The molecule has 23 nitrogen and oxygen atoms in total. The Morgan fingerprint density at radius 1 is 0.651 bits per heavy atom. The lowest BCUT2D eigenvalue weighted by Gasteiger charge is -2.41. The number of ether oxygens (including phenoxy) is 10. The van der Waals surface area contributed by atoms with E-state index in [4.69, 9.17) is 62.5 Å². The van der Waals surface area contributed by atoms with Crippen LogP contribution in [0, 0.1) is 11.8 Å². The summed E-state index contributed by atoms with van der Waals surface area (Å²) in [5, 5.41) is 42.9. The number of nitrogens with one attached hydrogen (secondary N) is 1. The van der Waals surface area contributed by atoms with Crippen molar-refractivity contribution in [3.8, 4) is 11.5 Å². The van der Waals surface area contributed by atoms with Gasteiger partial charge in [-0.3, -0.25) is 29.6 Å². The molecule has 6 aliphatic rings. The van der Waals surface area contributed by atoms with E-state index in [1.54, 1.807) is 42.3 Å². The van der Waals surface area contributed by atoms with Gasteiger partial charge in [0.05, 0.1) is 70.6 Å². The number of aliphatic hydroxyl groups excluding tert-OH is 4. The summed E-state index contributed by atoms with van der Waals surface area (Å²) in [7, 11) is 8.25. The fourth-order valence-corrected chi connectivity index (χ4v) is 13.6. The zero-order chi connectivity index (χ0) is 63.0. The molecule has 6 heterocycles. The number of carbonyl (C=O) groups excluding carboxylic acids is 3. The van der Waals surface area contributed by atoms with Gasteiger partial charge in [-0.05, 0) is 116 Å². The number of rotatable bonds is 18. The van der Waals surface area contributed by atoms with E-state index in [-0.39, 0.29) is 96.3 Å². The van der Waals surface area contributed by atoms with Crippen LogP contribution < -0.4 is 14.8 Å². The Bertz CT molecular complexity index is 2570. The Kier molecular flexibility index (Phi) is 27.0. The van der Waals surface area contributed by atoms with Crippen molar-refractivity contribution in [1.29, 1.82) is 0 Å². The van der Waals surface area contributed by atoms with E-state index < -0.39 is 41.7 Å². The molecule has 4 saturated heterocycles. The average Bonchev–Trinajstić information content (AvgIpc) is 2.35. The van der Waals surface area contributed by atoms with Crippen LogP contribution in [0.2, 0.25) is 0 Å². The molecule has 0 bridgehead atoms. The van der Waals surface area contributed by atoms with Crippen LogP contribution in [0.1, 0.15) is 112 Å². The number of benzene rings is 2. The average molecular weight is 1270 g/mol. The van der Waals surface area contributed by atoms with Crippen LogP contribution in [0.3, 0.4) is 0 Å². The third-order valence-corrected chi connectivity index (χ3v) is 18.4. The molecule has 0 aliphatic carbocycles. The first-order valence-electron chi connectivity index (χ1n) is 29.3. The van der Waals surface area contributed by atoms with Gasteiger partial charge in [0, 0.05) is 52.6 Å². The smallest absolute Gasteiger partial charge is 0.416 e. The van der Waals surface area contributed by atoms with Gasteiger partial charge in [0.2, 0.25) is 0 Å². The molecule has 0 unspecified atom stereocenters. The van der Waals surface area contributed by atoms with Gasteiger partial charge in [-0.25, -0.2) is 9.59 Å². The van der Waals surface area contributed by atoms with Crippen LogP contribution in [0.4, 0.5) is 9.59 Å². The first-order valence-corrected chi connectivity index (χ1v) is 32.0. The number of nitrogens with zero attached hydrogens (tertiary/aromatic N) is 5. The third kappa shape index (κ3) is 19.8. The summed E-state index contributed by atoms with van der Waals surface area (Å²) in [6.45, 7) is 18.3. The van der Waals surface area contributed by atoms with Gasteiger partial charge in [0.15, 0.2) is 15.5 Å². The maximum Gasteiger partial charge on any atom is 0.416 e. The van der Waals surface area contributed by atoms with Gasteiger partial charge in [-0.2, -0.15) is 0 Å². The first kappa shape index (κ1) is 70.6. The highest BCUT2D eigenvalue weighted by atomic mass is 32.2. The quantitative estimate of drug-likeness (QED) is 0.0710. The summed E-state index contributed by atoms with van der Waals surface area (Å²) in [6.07, 6.45) is -0.612. The van der Waals surface area contributed by atoms with Crippen LogP contribution in [-0.2, 0) is 55.9 Å². The normalized spacial score (nSPS) is 29.7.